The standard InChI is InChI=1S/C37H56N6O13/c1-35(2,3)54-28(44)16-14-25-33(49)41-24(12-10-11-18-38-34(50)56-37(7,8)9)32(48)42-26(31(47)39-21-29(45)55-36(4,5)6)17-19-53-27-15-13-22(43(51)52)20-23(27)30(46)40-25/h13,15,20,24-26H,10-12,14,16-19,21H2,1-9H3,(H,38,50)(H,39,47)(H,40,46)(H,41,49)(H,42,48). The van der Waals surface area contributed by atoms with Crippen molar-refractivity contribution in [1.82, 2.24) is 26.6 Å². The molecule has 0 spiro atoms. The Balaban J connectivity index is 2.47. The largest absolute Gasteiger partial charge is 0.493 e. The van der Waals surface area contributed by atoms with E-state index < -0.39 is 93.7 Å². The van der Waals surface area contributed by atoms with Gasteiger partial charge in [-0.05, 0) is 94.1 Å². The average Bonchev–Trinajstić information content (AvgIpc) is 3.04. The Morgan fingerprint density at radius 1 is 0.804 bits per heavy atom. The number of nitro groups is 1. The first kappa shape index (κ1) is 46.7. The van der Waals surface area contributed by atoms with Crippen LogP contribution in [0.3, 0.4) is 0 Å². The van der Waals surface area contributed by atoms with Crippen LogP contribution < -0.4 is 31.3 Å². The van der Waals surface area contributed by atoms with Gasteiger partial charge in [-0.25, -0.2) is 4.79 Å². The van der Waals surface area contributed by atoms with Gasteiger partial charge in [-0.3, -0.25) is 38.9 Å². The van der Waals surface area contributed by atoms with Crippen LogP contribution in [0.25, 0.3) is 0 Å². The molecule has 0 saturated heterocycles. The molecule has 0 radical (unpaired) electrons. The summed E-state index contributed by atoms with van der Waals surface area (Å²) in [7, 11) is 0. The van der Waals surface area contributed by atoms with Crippen molar-refractivity contribution < 1.29 is 57.4 Å². The van der Waals surface area contributed by atoms with Gasteiger partial charge in [0.25, 0.3) is 11.6 Å². The van der Waals surface area contributed by atoms with Gasteiger partial charge in [-0.15, -0.1) is 0 Å². The summed E-state index contributed by atoms with van der Waals surface area (Å²) in [5.41, 5.74) is -3.16. The summed E-state index contributed by atoms with van der Waals surface area (Å²) in [6.45, 7) is 14.4. The Morgan fingerprint density at radius 2 is 1.39 bits per heavy atom. The number of nitrogens with zero attached hydrogens (tertiary/aromatic N) is 1. The van der Waals surface area contributed by atoms with E-state index in [1.165, 1.54) is 6.07 Å². The van der Waals surface area contributed by atoms with Crippen LogP contribution in [0.4, 0.5) is 10.5 Å². The maximum atomic E-state index is 13.9. The van der Waals surface area contributed by atoms with E-state index in [1.807, 2.05) is 0 Å². The summed E-state index contributed by atoms with van der Waals surface area (Å²) in [5, 5.41) is 24.4. The molecule has 1 aliphatic rings. The molecule has 0 saturated carbocycles. The van der Waals surface area contributed by atoms with Crippen molar-refractivity contribution in [3.63, 3.8) is 0 Å². The molecule has 3 atom stereocenters. The normalized spacial score (nSPS) is 18.3. The topological polar surface area (TPSA) is 260 Å². The minimum absolute atomic E-state index is 0.00191. The molecule has 0 fully saturated rings. The maximum absolute atomic E-state index is 13.9. The summed E-state index contributed by atoms with van der Waals surface area (Å²) in [6, 6.07) is -0.855. The third kappa shape index (κ3) is 17.8. The highest BCUT2D eigenvalue weighted by atomic mass is 16.6. The van der Waals surface area contributed by atoms with E-state index in [-0.39, 0.29) is 56.6 Å². The number of ether oxygens (including phenoxy) is 4. The van der Waals surface area contributed by atoms with Crippen LogP contribution >= 0.6 is 0 Å². The Morgan fingerprint density at radius 3 is 2.00 bits per heavy atom. The van der Waals surface area contributed by atoms with Crippen molar-refractivity contribution in [3.05, 3.63) is 33.9 Å². The predicted octanol–water partition coefficient (Wildman–Crippen LogP) is 2.72. The van der Waals surface area contributed by atoms with Gasteiger partial charge in [0, 0.05) is 31.5 Å². The van der Waals surface area contributed by atoms with Crippen LogP contribution in [0, 0.1) is 10.1 Å². The Labute approximate surface area is 326 Å². The lowest BCUT2D eigenvalue weighted by Crippen LogP contribution is -2.57. The molecule has 1 heterocycles. The molecule has 19 heteroatoms. The number of benzene rings is 1. The zero-order chi connectivity index (χ0) is 42.4. The van der Waals surface area contributed by atoms with Gasteiger partial charge in [0.15, 0.2) is 0 Å². The summed E-state index contributed by atoms with van der Waals surface area (Å²) >= 11 is 0. The first-order valence-corrected chi connectivity index (χ1v) is 18.3. The number of esters is 2. The van der Waals surface area contributed by atoms with Gasteiger partial charge >= 0.3 is 18.0 Å². The van der Waals surface area contributed by atoms with Crippen molar-refractivity contribution in [1.29, 1.82) is 0 Å². The number of non-ortho nitro benzene ring substituents is 1. The number of fused-ring (bicyclic) bond motifs is 1. The molecule has 1 aromatic rings. The molecule has 0 aromatic heterocycles. The second-order valence-corrected chi connectivity index (χ2v) is 16.1. The van der Waals surface area contributed by atoms with E-state index in [0.29, 0.717) is 6.42 Å². The summed E-state index contributed by atoms with van der Waals surface area (Å²) in [5.74, 6) is -4.96. The highest BCUT2D eigenvalue weighted by Crippen LogP contribution is 2.25. The lowest BCUT2D eigenvalue weighted by molar-refractivity contribution is -0.384. The monoisotopic (exact) mass is 792 g/mol. The SMILES string of the molecule is CC(C)(C)OC(=O)CCC1NC(=O)c2cc([N+](=O)[O-])ccc2OCCC(C(=O)NCC(=O)OC(C)(C)C)NC(=O)C(CCCCNC(=O)OC(C)(C)C)NC1=O. The van der Waals surface area contributed by atoms with Crippen LogP contribution in [0.15, 0.2) is 18.2 Å². The van der Waals surface area contributed by atoms with Crippen LogP contribution in [-0.4, -0.2) is 101 Å². The molecule has 56 heavy (non-hydrogen) atoms. The highest BCUT2D eigenvalue weighted by Gasteiger charge is 2.32. The van der Waals surface area contributed by atoms with E-state index in [2.05, 4.69) is 26.6 Å². The number of carbonyl (C=O) groups excluding carboxylic acids is 7. The van der Waals surface area contributed by atoms with Gasteiger partial charge in [0.1, 0.15) is 47.2 Å². The predicted molar refractivity (Wildman–Crippen MR) is 200 cm³/mol. The van der Waals surface area contributed by atoms with E-state index in [1.54, 1.807) is 62.3 Å². The molecule has 0 bridgehead atoms. The molecule has 1 aliphatic heterocycles. The first-order chi connectivity index (χ1) is 25.8. The number of nitrogens with one attached hydrogen (secondary N) is 5. The Bertz CT molecular complexity index is 1610. The van der Waals surface area contributed by atoms with Gasteiger partial charge in [-0.1, -0.05) is 0 Å². The van der Waals surface area contributed by atoms with E-state index in [0.717, 1.165) is 12.1 Å². The van der Waals surface area contributed by atoms with Gasteiger partial charge in [-0.2, -0.15) is 0 Å². The number of hydrogen-bond acceptors (Lipinski definition) is 13. The molecular weight excluding hydrogens is 736 g/mol. The molecular formula is C37H56N6O13. The van der Waals surface area contributed by atoms with Crippen LogP contribution in [-0.2, 0) is 38.2 Å². The van der Waals surface area contributed by atoms with Crippen molar-refractivity contribution in [2.75, 3.05) is 19.7 Å². The second kappa shape index (κ2) is 20.4. The Hall–Kier alpha value is -5.49. The number of hydrogen-bond donors (Lipinski definition) is 5. The van der Waals surface area contributed by atoms with E-state index >= 15 is 0 Å². The van der Waals surface area contributed by atoms with E-state index in [4.69, 9.17) is 18.9 Å². The highest BCUT2D eigenvalue weighted by molar-refractivity contribution is 6.01. The minimum atomic E-state index is -1.46. The van der Waals surface area contributed by atoms with Gasteiger partial charge < -0.3 is 45.5 Å². The molecule has 5 N–H and O–H groups in total. The lowest BCUT2D eigenvalue weighted by atomic mass is 10.0. The fourth-order valence-electron chi connectivity index (χ4n) is 5.10. The fraction of sp³-hybridized carbons (Fsp3) is 0.649. The second-order valence-electron chi connectivity index (χ2n) is 16.1. The zero-order valence-electron chi connectivity index (χ0n) is 33.6. The summed E-state index contributed by atoms with van der Waals surface area (Å²) in [6.07, 6.45) is -0.845. The molecule has 19 nitrogen and oxygen atoms in total. The molecule has 312 valence electrons. The number of carbonyl (C=O) groups is 7. The fourth-order valence-corrected chi connectivity index (χ4v) is 5.10. The Kier molecular flexibility index (Phi) is 17.0. The lowest BCUT2D eigenvalue weighted by Gasteiger charge is -2.27. The molecule has 5 amide bonds. The van der Waals surface area contributed by atoms with Crippen LogP contribution in [0.2, 0.25) is 0 Å². The smallest absolute Gasteiger partial charge is 0.407 e. The van der Waals surface area contributed by atoms with Crippen LogP contribution in [0.5, 0.6) is 5.75 Å². The third-order valence-corrected chi connectivity index (χ3v) is 7.44. The quantitative estimate of drug-likeness (QED) is 0.0672. The zero-order valence-corrected chi connectivity index (χ0v) is 33.6. The summed E-state index contributed by atoms with van der Waals surface area (Å²) in [4.78, 5) is 103. The third-order valence-electron chi connectivity index (χ3n) is 7.44. The van der Waals surface area contributed by atoms with Crippen molar-refractivity contribution >= 4 is 47.3 Å². The van der Waals surface area contributed by atoms with Crippen molar-refractivity contribution in [2.24, 2.45) is 0 Å². The van der Waals surface area contributed by atoms with Crippen molar-refractivity contribution in [3.8, 4) is 5.75 Å². The molecule has 3 unspecified atom stereocenters. The number of rotatable bonds is 12. The molecule has 0 aliphatic carbocycles. The van der Waals surface area contributed by atoms with Gasteiger partial charge in [0.05, 0.1) is 17.1 Å². The average molecular weight is 793 g/mol. The van der Waals surface area contributed by atoms with Gasteiger partial charge in [0.2, 0.25) is 17.7 Å². The molecule has 2 rings (SSSR count). The number of unbranched alkanes of at least 4 members (excludes halogenated alkanes) is 1. The number of alkyl carbamates (subject to hydrolysis) is 1. The summed E-state index contributed by atoms with van der Waals surface area (Å²) < 4.78 is 21.6. The number of nitro benzene ring substituents is 1. The van der Waals surface area contributed by atoms with Crippen LogP contribution in [0.1, 0.15) is 111 Å². The molecule has 1 aromatic carbocycles. The van der Waals surface area contributed by atoms with E-state index in [9.17, 15) is 43.7 Å². The minimum Gasteiger partial charge on any atom is -0.493 e. The van der Waals surface area contributed by atoms with Crippen molar-refractivity contribution in [2.45, 2.75) is 136 Å². The maximum Gasteiger partial charge on any atom is 0.407 e. The first-order valence-electron chi connectivity index (χ1n) is 18.3. The number of amides is 5.